The molecule has 2 nitrogen and oxygen atoms in total. The molecule has 2 aromatic carbocycles. The average molecular weight is 305 g/mol. The van der Waals surface area contributed by atoms with E-state index in [9.17, 15) is 0 Å². The largest absolute Gasteiger partial charge is 0.484 e. The number of fused-ring (bicyclic) bond motifs is 1. The highest BCUT2D eigenvalue weighted by molar-refractivity contribution is 7.10. The molecule has 0 radical (unpaired) electrons. The Bertz CT molecular complexity index is 984. The van der Waals surface area contributed by atoms with Gasteiger partial charge in [-0.25, -0.2) is 0 Å². The van der Waals surface area contributed by atoms with E-state index in [1.807, 2.05) is 18.2 Å². The van der Waals surface area contributed by atoms with Gasteiger partial charge in [-0.15, -0.1) is 11.3 Å². The Kier molecular flexibility index (Phi) is 2.39. The number of hydrogen-bond donors (Lipinski definition) is 1. The Morgan fingerprint density at radius 3 is 3.00 bits per heavy atom. The molecule has 1 aromatic heterocycles. The van der Waals surface area contributed by atoms with Gasteiger partial charge in [-0.2, -0.15) is 0 Å². The standard InChI is InChI=1S/C18H19NOS/c1-19-12-11-17(18-10-5-13-21-18)20-16-9-4-7-14-6-2-3-8-15(14)16/h2-10,13,17,19H,11-12H2,1H3/i1D3,11D2,12D2,17D. The van der Waals surface area contributed by atoms with Crippen LogP contribution >= 0.6 is 11.3 Å². The molecule has 1 heterocycles. The van der Waals surface area contributed by atoms with Gasteiger partial charge < -0.3 is 10.1 Å². The van der Waals surface area contributed by atoms with Crippen LogP contribution < -0.4 is 10.1 Å². The van der Waals surface area contributed by atoms with Gasteiger partial charge in [0, 0.05) is 26.2 Å². The first-order chi connectivity index (χ1) is 13.4. The van der Waals surface area contributed by atoms with E-state index in [0.29, 0.717) is 5.39 Å². The minimum Gasteiger partial charge on any atom is -0.484 e. The zero-order valence-electron chi connectivity index (χ0n) is 19.1. The highest BCUT2D eigenvalue weighted by atomic mass is 32.1. The molecule has 0 aliphatic rings. The van der Waals surface area contributed by atoms with E-state index in [1.54, 1.807) is 41.0 Å². The van der Waals surface area contributed by atoms with E-state index in [2.05, 4.69) is 0 Å². The van der Waals surface area contributed by atoms with Crippen LogP contribution in [-0.4, -0.2) is 13.5 Å². The van der Waals surface area contributed by atoms with Crippen molar-refractivity contribution in [3.8, 4) is 5.75 Å². The second-order valence-corrected chi connectivity index (χ2v) is 5.21. The molecule has 3 aromatic rings. The predicted octanol–water partition coefficient (Wildman–Crippen LogP) is 4.63. The minimum absolute atomic E-state index is 0.103. The fraction of sp³-hybridized carbons (Fsp3) is 0.222. The quantitative estimate of drug-likeness (QED) is 0.717. The van der Waals surface area contributed by atoms with Gasteiger partial charge in [0.2, 0.25) is 0 Å². The zero-order valence-corrected chi connectivity index (χ0v) is 11.9. The van der Waals surface area contributed by atoms with Gasteiger partial charge in [-0.05, 0) is 36.4 Å². The third-order valence-corrected chi connectivity index (χ3v) is 3.81. The summed E-state index contributed by atoms with van der Waals surface area (Å²) in [5, 5.41) is 4.74. The van der Waals surface area contributed by atoms with Crippen molar-refractivity contribution in [1.82, 2.24) is 5.32 Å². The molecule has 0 fully saturated rings. The Balaban J connectivity index is 2.14. The van der Waals surface area contributed by atoms with E-state index in [0.717, 1.165) is 16.7 Å². The van der Waals surface area contributed by atoms with E-state index in [-0.39, 0.29) is 10.6 Å². The number of benzene rings is 2. The second-order valence-electron chi connectivity index (χ2n) is 4.26. The van der Waals surface area contributed by atoms with Gasteiger partial charge in [0.1, 0.15) is 11.8 Å². The van der Waals surface area contributed by atoms with Crippen molar-refractivity contribution in [2.24, 2.45) is 0 Å². The lowest BCUT2D eigenvalue weighted by molar-refractivity contribution is 0.201. The number of ether oxygens (including phenoxy) is 1. The molecule has 0 saturated heterocycles. The molecular weight excluding hydrogens is 278 g/mol. The van der Waals surface area contributed by atoms with Crippen molar-refractivity contribution >= 4 is 22.1 Å². The highest BCUT2D eigenvalue weighted by Crippen LogP contribution is 2.32. The fourth-order valence-corrected chi connectivity index (χ4v) is 2.69. The molecule has 0 bridgehead atoms. The molecule has 108 valence electrons. The lowest BCUT2D eigenvalue weighted by Crippen LogP contribution is -2.15. The number of rotatable bonds is 6. The molecule has 1 atom stereocenters. The molecule has 1 N–H and O–H groups in total. The van der Waals surface area contributed by atoms with Crippen LogP contribution in [0.25, 0.3) is 10.8 Å². The summed E-state index contributed by atoms with van der Waals surface area (Å²) >= 11 is 1.03. The SMILES string of the molecule is [2H]C([2H])([2H])NC([2H])([2H])C([2H])([2H])C([2H])(Oc1cccc2ccccc12)c1cccs1. The first-order valence-corrected chi connectivity index (χ1v) is 7.25. The monoisotopic (exact) mass is 305 g/mol. The Morgan fingerprint density at radius 1 is 1.24 bits per heavy atom. The molecule has 1 unspecified atom stereocenters. The summed E-state index contributed by atoms with van der Waals surface area (Å²) in [7, 11) is 0. The van der Waals surface area contributed by atoms with Crippen LogP contribution in [0.1, 0.15) is 28.3 Å². The van der Waals surface area contributed by atoms with Gasteiger partial charge in [-0.3, -0.25) is 0 Å². The number of nitrogens with one attached hydrogen (secondary N) is 1. The van der Waals surface area contributed by atoms with Crippen molar-refractivity contribution in [3.05, 3.63) is 64.9 Å². The summed E-state index contributed by atoms with van der Waals surface area (Å²) in [5.41, 5.74) is 0. The molecule has 0 saturated carbocycles. The van der Waals surface area contributed by atoms with Crippen LogP contribution in [0.2, 0.25) is 0 Å². The Morgan fingerprint density at radius 2 is 2.14 bits per heavy atom. The third kappa shape index (κ3) is 3.26. The highest BCUT2D eigenvalue weighted by Gasteiger charge is 2.15. The maximum atomic E-state index is 8.91. The van der Waals surface area contributed by atoms with Gasteiger partial charge >= 0.3 is 0 Å². The number of hydrogen-bond acceptors (Lipinski definition) is 3. The van der Waals surface area contributed by atoms with Gasteiger partial charge in [-0.1, -0.05) is 42.5 Å². The Labute approximate surface area is 140 Å². The van der Waals surface area contributed by atoms with E-state index < -0.39 is 25.9 Å². The van der Waals surface area contributed by atoms with Crippen LogP contribution in [0.4, 0.5) is 0 Å². The van der Waals surface area contributed by atoms with Crippen molar-refractivity contribution < 1.29 is 15.7 Å². The maximum Gasteiger partial charge on any atom is 0.134 e. The summed E-state index contributed by atoms with van der Waals surface area (Å²) in [5.74, 6) is 0.194. The molecule has 0 aliphatic heterocycles. The molecule has 0 aliphatic carbocycles. The second kappa shape index (κ2) is 6.74. The van der Waals surface area contributed by atoms with Crippen molar-refractivity contribution in [3.63, 3.8) is 0 Å². The van der Waals surface area contributed by atoms with Crippen molar-refractivity contribution in [2.75, 3.05) is 13.5 Å². The third-order valence-electron chi connectivity index (χ3n) is 2.95. The Hall–Kier alpha value is -1.84. The lowest BCUT2D eigenvalue weighted by Gasteiger charge is -2.19. The predicted molar refractivity (Wildman–Crippen MR) is 90.2 cm³/mol. The van der Waals surface area contributed by atoms with Crippen molar-refractivity contribution in [2.45, 2.75) is 12.5 Å². The molecule has 21 heavy (non-hydrogen) atoms. The first kappa shape index (κ1) is 7.43. The fourth-order valence-electron chi connectivity index (χ4n) is 2.03. The normalized spacial score (nSPS) is 21.5. The smallest absolute Gasteiger partial charge is 0.134 e. The summed E-state index contributed by atoms with van der Waals surface area (Å²) in [6, 6.07) is 15.4. The summed E-state index contributed by atoms with van der Waals surface area (Å²) < 4.78 is 69.8. The summed E-state index contributed by atoms with van der Waals surface area (Å²) in [6.45, 7) is -6.05. The topological polar surface area (TPSA) is 21.3 Å². The lowest BCUT2D eigenvalue weighted by atomic mass is 10.1. The molecular formula is C18H19NOS. The van der Waals surface area contributed by atoms with Gasteiger partial charge in [0.15, 0.2) is 0 Å². The van der Waals surface area contributed by atoms with Crippen LogP contribution in [0.15, 0.2) is 60.0 Å². The van der Waals surface area contributed by atoms with Crippen molar-refractivity contribution in [1.29, 1.82) is 0 Å². The van der Waals surface area contributed by atoms with Crippen LogP contribution in [0, 0.1) is 0 Å². The molecule has 3 rings (SSSR count). The van der Waals surface area contributed by atoms with E-state index in [1.165, 1.54) is 6.07 Å². The van der Waals surface area contributed by atoms with Crippen LogP contribution in [-0.2, 0) is 0 Å². The minimum atomic E-state index is -3.10. The number of thiophene rings is 1. The maximum absolute atomic E-state index is 8.91. The summed E-state index contributed by atoms with van der Waals surface area (Å²) in [6.07, 6.45) is -5.65. The first-order valence-electron chi connectivity index (χ1n) is 10.4. The zero-order chi connectivity index (χ0) is 21.5. The average Bonchev–Trinajstić information content (AvgIpc) is 3.15. The molecule has 0 spiro atoms. The van der Waals surface area contributed by atoms with E-state index in [4.69, 9.17) is 15.7 Å². The summed E-state index contributed by atoms with van der Waals surface area (Å²) in [4.78, 5) is 0.103. The van der Waals surface area contributed by atoms with Crippen LogP contribution in [0.3, 0.4) is 0 Å². The van der Waals surface area contributed by atoms with Gasteiger partial charge in [0.25, 0.3) is 0 Å². The van der Waals surface area contributed by atoms with Gasteiger partial charge in [0.05, 0.1) is 1.37 Å². The van der Waals surface area contributed by atoms with Crippen LogP contribution in [0.5, 0.6) is 5.75 Å². The molecule has 0 amide bonds. The van der Waals surface area contributed by atoms with E-state index >= 15 is 0 Å². The molecule has 3 heteroatoms.